The van der Waals surface area contributed by atoms with Gasteiger partial charge in [-0.2, -0.15) is 5.10 Å². The number of hydrogen-bond donors (Lipinski definition) is 1. The van der Waals surface area contributed by atoms with Crippen LogP contribution < -0.4 is 0 Å². The number of hydrogen-bond acceptors (Lipinski definition) is 2. The average Bonchev–Trinajstić information content (AvgIpc) is 2.71. The number of carbonyl (C=O) groups is 1. The van der Waals surface area contributed by atoms with Gasteiger partial charge in [0.1, 0.15) is 6.29 Å². The molecule has 3 nitrogen and oxygen atoms in total. The van der Waals surface area contributed by atoms with E-state index < -0.39 is 0 Å². The van der Waals surface area contributed by atoms with Crippen molar-refractivity contribution in [3.05, 3.63) is 42.1 Å². The van der Waals surface area contributed by atoms with E-state index in [0.717, 1.165) is 17.5 Å². The second-order valence-corrected chi connectivity index (χ2v) is 2.70. The molecule has 0 aliphatic heterocycles. The minimum atomic E-state index is 0.680. The van der Waals surface area contributed by atoms with Crippen molar-refractivity contribution < 1.29 is 4.79 Å². The van der Waals surface area contributed by atoms with Crippen molar-refractivity contribution in [3.63, 3.8) is 0 Å². The molecule has 1 aromatic heterocycles. The number of aldehydes is 1. The zero-order chi connectivity index (χ0) is 9.10. The summed E-state index contributed by atoms with van der Waals surface area (Å²) < 4.78 is 0. The van der Waals surface area contributed by atoms with E-state index in [2.05, 4.69) is 10.2 Å². The van der Waals surface area contributed by atoms with Crippen LogP contribution in [0, 0.1) is 0 Å². The molecule has 1 heterocycles. The fourth-order valence-corrected chi connectivity index (χ4v) is 1.15. The highest BCUT2D eigenvalue weighted by atomic mass is 16.1. The molecule has 0 bridgehead atoms. The third-order valence-electron chi connectivity index (χ3n) is 1.84. The van der Waals surface area contributed by atoms with Gasteiger partial charge in [-0.05, 0) is 6.07 Å². The molecule has 3 heteroatoms. The molecule has 0 fully saturated rings. The van der Waals surface area contributed by atoms with Crippen LogP contribution >= 0.6 is 0 Å². The van der Waals surface area contributed by atoms with Gasteiger partial charge < -0.3 is 0 Å². The minimum Gasteiger partial charge on any atom is -0.298 e. The molecule has 0 aliphatic carbocycles. The van der Waals surface area contributed by atoms with Gasteiger partial charge in [0.25, 0.3) is 0 Å². The number of nitrogens with one attached hydrogen (secondary N) is 1. The van der Waals surface area contributed by atoms with Crippen molar-refractivity contribution in [2.24, 2.45) is 0 Å². The number of rotatable bonds is 2. The maximum atomic E-state index is 10.4. The van der Waals surface area contributed by atoms with E-state index in [-0.39, 0.29) is 0 Å². The zero-order valence-electron chi connectivity index (χ0n) is 6.90. The summed E-state index contributed by atoms with van der Waals surface area (Å²) in [5.74, 6) is 0. The molecule has 13 heavy (non-hydrogen) atoms. The monoisotopic (exact) mass is 172 g/mol. The molecule has 0 saturated carbocycles. The Balaban J connectivity index is 2.38. The quantitative estimate of drug-likeness (QED) is 0.703. The second-order valence-electron chi connectivity index (χ2n) is 2.70. The summed E-state index contributed by atoms with van der Waals surface area (Å²) in [6.45, 7) is 0. The van der Waals surface area contributed by atoms with Crippen LogP contribution in [-0.4, -0.2) is 16.5 Å². The lowest BCUT2D eigenvalue weighted by Crippen LogP contribution is -1.81. The molecule has 0 radical (unpaired) electrons. The van der Waals surface area contributed by atoms with Gasteiger partial charge in [0.15, 0.2) is 0 Å². The number of nitrogens with zero attached hydrogens (tertiary/aromatic N) is 1. The van der Waals surface area contributed by atoms with Crippen molar-refractivity contribution in [2.45, 2.75) is 0 Å². The minimum absolute atomic E-state index is 0.680. The molecule has 2 rings (SSSR count). The summed E-state index contributed by atoms with van der Waals surface area (Å²) in [5, 5.41) is 6.77. The number of aromatic nitrogens is 2. The Morgan fingerprint density at radius 2 is 1.92 bits per heavy atom. The summed E-state index contributed by atoms with van der Waals surface area (Å²) in [6.07, 6.45) is 2.59. The average molecular weight is 172 g/mol. The highest BCUT2D eigenvalue weighted by molar-refractivity contribution is 5.76. The van der Waals surface area contributed by atoms with E-state index >= 15 is 0 Å². The predicted octanol–water partition coefficient (Wildman–Crippen LogP) is 1.89. The van der Waals surface area contributed by atoms with Crippen LogP contribution in [0.3, 0.4) is 0 Å². The van der Waals surface area contributed by atoms with Gasteiger partial charge in [0, 0.05) is 17.3 Å². The maximum Gasteiger partial charge on any atom is 0.150 e. The molecule has 0 saturated heterocycles. The van der Waals surface area contributed by atoms with Crippen LogP contribution in [0.2, 0.25) is 0 Å². The highest BCUT2D eigenvalue weighted by Gasteiger charge is 1.98. The highest BCUT2D eigenvalue weighted by Crippen LogP contribution is 2.15. The van der Waals surface area contributed by atoms with Gasteiger partial charge in [-0.25, -0.2) is 0 Å². The van der Waals surface area contributed by atoms with E-state index in [1.54, 1.807) is 18.3 Å². The fourth-order valence-electron chi connectivity index (χ4n) is 1.15. The Morgan fingerprint density at radius 3 is 2.46 bits per heavy atom. The number of H-pyrrole nitrogens is 1. The van der Waals surface area contributed by atoms with Crippen molar-refractivity contribution in [2.75, 3.05) is 0 Å². The first-order valence-corrected chi connectivity index (χ1v) is 3.95. The van der Waals surface area contributed by atoms with Crippen molar-refractivity contribution >= 4 is 6.29 Å². The van der Waals surface area contributed by atoms with Crippen LogP contribution in [0.15, 0.2) is 36.5 Å². The SMILES string of the molecule is O=Cc1ccc(-c2cc[nH]n2)cc1. The second kappa shape index (κ2) is 3.23. The Hall–Kier alpha value is -1.90. The van der Waals surface area contributed by atoms with Crippen LogP contribution in [0.1, 0.15) is 10.4 Å². The van der Waals surface area contributed by atoms with Gasteiger partial charge in [-0.15, -0.1) is 0 Å². The summed E-state index contributed by atoms with van der Waals surface area (Å²) >= 11 is 0. The molecule has 0 atom stereocenters. The van der Waals surface area contributed by atoms with Crippen LogP contribution in [0.4, 0.5) is 0 Å². The summed E-state index contributed by atoms with van der Waals surface area (Å²) in [4.78, 5) is 10.4. The lowest BCUT2D eigenvalue weighted by atomic mass is 10.1. The summed E-state index contributed by atoms with van der Waals surface area (Å²) in [5.41, 5.74) is 2.57. The van der Waals surface area contributed by atoms with E-state index in [0.29, 0.717) is 5.56 Å². The topological polar surface area (TPSA) is 45.8 Å². The molecule has 64 valence electrons. The van der Waals surface area contributed by atoms with Crippen LogP contribution in [-0.2, 0) is 0 Å². The first-order chi connectivity index (χ1) is 6.40. The summed E-state index contributed by atoms with van der Waals surface area (Å²) in [7, 11) is 0. The van der Waals surface area contributed by atoms with Gasteiger partial charge in [0.05, 0.1) is 5.69 Å². The molecule has 0 amide bonds. The van der Waals surface area contributed by atoms with Crippen molar-refractivity contribution in [1.82, 2.24) is 10.2 Å². The molecular weight excluding hydrogens is 164 g/mol. The van der Waals surface area contributed by atoms with Crippen LogP contribution in [0.5, 0.6) is 0 Å². The molecule has 1 N–H and O–H groups in total. The predicted molar refractivity (Wildman–Crippen MR) is 49.4 cm³/mol. The summed E-state index contributed by atoms with van der Waals surface area (Å²) in [6, 6.07) is 9.18. The molecule has 0 aliphatic rings. The molecule has 0 unspecified atom stereocenters. The van der Waals surface area contributed by atoms with Gasteiger partial charge in [0.2, 0.25) is 0 Å². The normalized spacial score (nSPS) is 9.85. The zero-order valence-corrected chi connectivity index (χ0v) is 6.90. The van der Waals surface area contributed by atoms with E-state index in [4.69, 9.17) is 0 Å². The van der Waals surface area contributed by atoms with Gasteiger partial charge in [-0.3, -0.25) is 9.89 Å². The van der Waals surface area contributed by atoms with E-state index in [9.17, 15) is 4.79 Å². The largest absolute Gasteiger partial charge is 0.298 e. The first-order valence-electron chi connectivity index (χ1n) is 3.95. The smallest absolute Gasteiger partial charge is 0.150 e. The van der Waals surface area contributed by atoms with E-state index in [1.165, 1.54) is 0 Å². The Kier molecular flexibility index (Phi) is 1.92. The molecule has 0 spiro atoms. The lowest BCUT2D eigenvalue weighted by molar-refractivity contribution is 0.112. The molecule has 1 aromatic carbocycles. The third-order valence-corrected chi connectivity index (χ3v) is 1.84. The van der Waals surface area contributed by atoms with Gasteiger partial charge >= 0.3 is 0 Å². The number of aromatic amines is 1. The maximum absolute atomic E-state index is 10.4. The van der Waals surface area contributed by atoms with Crippen molar-refractivity contribution in [1.29, 1.82) is 0 Å². The molecule has 2 aromatic rings. The molecular formula is C10H8N2O. The van der Waals surface area contributed by atoms with Crippen LogP contribution in [0.25, 0.3) is 11.3 Å². The van der Waals surface area contributed by atoms with E-state index in [1.807, 2.05) is 18.2 Å². The Labute approximate surface area is 75.4 Å². The van der Waals surface area contributed by atoms with Crippen molar-refractivity contribution in [3.8, 4) is 11.3 Å². The fraction of sp³-hybridized carbons (Fsp3) is 0. The number of carbonyl (C=O) groups excluding carboxylic acids is 1. The first kappa shape index (κ1) is 7.73. The lowest BCUT2D eigenvalue weighted by Gasteiger charge is -1.95. The Morgan fingerprint density at radius 1 is 1.15 bits per heavy atom. The standard InChI is InChI=1S/C10H8N2O/c13-7-8-1-3-9(4-2-8)10-5-6-11-12-10/h1-7H,(H,11,12). The Bertz CT molecular complexity index is 389. The van der Waals surface area contributed by atoms with Gasteiger partial charge in [-0.1, -0.05) is 24.3 Å². The number of benzene rings is 1. The third kappa shape index (κ3) is 1.49.